The summed E-state index contributed by atoms with van der Waals surface area (Å²) >= 11 is 1.81. The number of ketones is 1. The molecule has 1 N–H and O–H groups in total. The molecule has 0 spiro atoms. The molecule has 0 amide bonds. The van der Waals surface area contributed by atoms with Gasteiger partial charge in [0.25, 0.3) is 0 Å². The van der Waals surface area contributed by atoms with E-state index in [1.54, 1.807) is 0 Å². The van der Waals surface area contributed by atoms with Gasteiger partial charge < -0.3 is 5.32 Å². The predicted octanol–water partition coefficient (Wildman–Crippen LogP) is 2.07. The van der Waals surface area contributed by atoms with Crippen LogP contribution < -0.4 is 5.32 Å². The summed E-state index contributed by atoms with van der Waals surface area (Å²) in [4.78, 5) is 11.7. The summed E-state index contributed by atoms with van der Waals surface area (Å²) in [5.41, 5.74) is 1.08. The van der Waals surface area contributed by atoms with E-state index in [4.69, 9.17) is 0 Å². The van der Waals surface area contributed by atoms with Gasteiger partial charge in [-0.2, -0.15) is 0 Å². The molecule has 0 aromatic carbocycles. The van der Waals surface area contributed by atoms with Crippen molar-refractivity contribution in [2.24, 2.45) is 0 Å². The second kappa shape index (κ2) is 4.18. The van der Waals surface area contributed by atoms with E-state index in [0.29, 0.717) is 5.78 Å². The molecule has 2 fully saturated rings. The normalized spacial score (nSPS) is 30.0. The minimum atomic E-state index is 0.384. The van der Waals surface area contributed by atoms with Gasteiger partial charge in [-0.1, -0.05) is 6.42 Å². The number of carbonyl (C=O) groups is 1. The molecular weight excluding hydrogens is 182 g/mol. The lowest BCUT2D eigenvalue weighted by atomic mass is 10.1. The van der Waals surface area contributed by atoms with Crippen LogP contribution in [0.1, 0.15) is 32.1 Å². The highest BCUT2D eigenvalue weighted by molar-refractivity contribution is 8.03. The maximum Gasteiger partial charge on any atom is 0.161 e. The molecule has 1 saturated carbocycles. The van der Waals surface area contributed by atoms with E-state index in [-0.39, 0.29) is 0 Å². The summed E-state index contributed by atoms with van der Waals surface area (Å²) < 4.78 is 0. The summed E-state index contributed by atoms with van der Waals surface area (Å²) in [7, 11) is 0. The van der Waals surface area contributed by atoms with Crippen molar-refractivity contribution in [3.63, 3.8) is 0 Å². The number of Topliss-reactive ketones (excluding diaryl/α,β-unsaturated/α-hetero) is 1. The van der Waals surface area contributed by atoms with Crippen LogP contribution in [0.25, 0.3) is 0 Å². The number of carbonyl (C=O) groups excluding carboxylic acids is 1. The average molecular weight is 197 g/mol. The molecule has 2 aliphatic rings. The Morgan fingerprint density at radius 1 is 1.15 bits per heavy atom. The van der Waals surface area contributed by atoms with E-state index in [2.05, 4.69) is 5.32 Å². The molecule has 3 heteroatoms. The van der Waals surface area contributed by atoms with Gasteiger partial charge >= 0.3 is 0 Å². The third kappa shape index (κ3) is 2.08. The van der Waals surface area contributed by atoms with Gasteiger partial charge in [0.15, 0.2) is 5.78 Å². The van der Waals surface area contributed by atoms with Crippen LogP contribution in [0.2, 0.25) is 0 Å². The van der Waals surface area contributed by atoms with Crippen LogP contribution in [-0.4, -0.2) is 18.1 Å². The Balaban J connectivity index is 2.17. The standard InChI is InChI=1S/C10H15NOS/c12-9-5-3-1-2-4-8(9)10-11-6-7-13-10/h11H,1-7H2/b10-8-. The lowest BCUT2D eigenvalue weighted by Gasteiger charge is -2.06. The highest BCUT2D eigenvalue weighted by Crippen LogP contribution is 2.28. The van der Waals surface area contributed by atoms with E-state index >= 15 is 0 Å². The van der Waals surface area contributed by atoms with Crippen molar-refractivity contribution in [1.82, 2.24) is 5.32 Å². The van der Waals surface area contributed by atoms with Crippen LogP contribution in [0.3, 0.4) is 0 Å². The van der Waals surface area contributed by atoms with Crippen LogP contribution in [0.15, 0.2) is 10.6 Å². The number of nitrogens with one attached hydrogen (secondary N) is 1. The monoisotopic (exact) mass is 197 g/mol. The van der Waals surface area contributed by atoms with Gasteiger partial charge in [0.1, 0.15) is 0 Å². The lowest BCUT2D eigenvalue weighted by Crippen LogP contribution is -2.11. The molecule has 0 bridgehead atoms. The fraction of sp³-hybridized carbons (Fsp3) is 0.700. The Morgan fingerprint density at radius 3 is 2.77 bits per heavy atom. The third-order valence-electron chi connectivity index (χ3n) is 2.58. The summed E-state index contributed by atoms with van der Waals surface area (Å²) in [5.74, 6) is 1.50. The Morgan fingerprint density at radius 2 is 2.00 bits per heavy atom. The molecule has 0 aromatic heterocycles. The van der Waals surface area contributed by atoms with Crippen molar-refractivity contribution in [3.8, 4) is 0 Å². The van der Waals surface area contributed by atoms with Crippen molar-refractivity contribution < 1.29 is 4.79 Å². The molecule has 1 heterocycles. The van der Waals surface area contributed by atoms with E-state index < -0.39 is 0 Å². The Kier molecular flexibility index (Phi) is 2.94. The number of hydrogen-bond donors (Lipinski definition) is 1. The Bertz CT molecular complexity index is 239. The van der Waals surface area contributed by atoms with Gasteiger partial charge in [-0.05, 0) is 19.3 Å². The quantitative estimate of drug-likeness (QED) is 0.476. The Hall–Kier alpha value is -0.440. The largest absolute Gasteiger partial charge is 0.379 e. The van der Waals surface area contributed by atoms with Gasteiger partial charge in [0, 0.05) is 24.3 Å². The zero-order valence-corrected chi connectivity index (χ0v) is 8.58. The first-order valence-electron chi connectivity index (χ1n) is 5.01. The van der Waals surface area contributed by atoms with Gasteiger partial charge in [-0.15, -0.1) is 11.8 Å². The maximum absolute atomic E-state index is 11.7. The predicted molar refractivity (Wildman–Crippen MR) is 55.6 cm³/mol. The Labute approximate surface area is 83.2 Å². The molecule has 13 heavy (non-hydrogen) atoms. The van der Waals surface area contributed by atoms with Crippen molar-refractivity contribution >= 4 is 17.5 Å². The van der Waals surface area contributed by atoms with Crippen molar-refractivity contribution in [3.05, 3.63) is 10.6 Å². The number of allylic oxidation sites excluding steroid dienone is 1. The summed E-state index contributed by atoms with van der Waals surface area (Å²) in [6.45, 7) is 1.02. The van der Waals surface area contributed by atoms with E-state index in [9.17, 15) is 4.79 Å². The van der Waals surface area contributed by atoms with Crippen LogP contribution in [0.4, 0.5) is 0 Å². The highest BCUT2D eigenvalue weighted by atomic mass is 32.2. The van der Waals surface area contributed by atoms with E-state index in [0.717, 1.165) is 37.1 Å². The van der Waals surface area contributed by atoms with Crippen molar-refractivity contribution in [2.75, 3.05) is 12.3 Å². The molecule has 0 unspecified atom stereocenters. The zero-order valence-electron chi connectivity index (χ0n) is 7.77. The molecular formula is C10H15NOS. The zero-order chi connectivity index (χ0) is 9.10. The average Bonchev–Trinajstić information content (AvgIpc) is 2.56. The SMILES string of the molecule is O=C1CCCCC/C1=C1\NCCS1. The van der Waals surface area contributed by atoms with Crippen molar-refractivity contribution in [1.29, 1.82) is 0 Å². The first-order chi connectivity index (χ1) is 6.38. The van der Waals surface area contributed by atoms with Crippen LogP contribution >= 0.6 is 11.8 Å². The topological polar surface area (TPSA) is 29.1 Å². The fourth-order valence-electron chi connectivity index (χ4n) is 1.86. The molecule has 0 radical (unpaired) electrons. The molecule has 1 aliphatic carbocycles. The minimum Gasteiger partial charge on any atom is -0.379 e. The van der Waals surface area contributed by atoms with E-state index in [1.807, 2.05) is 11.8 Å². The molecule has 2 nitrogen and oxygen atoms in total. The highest BCUT2D eigenvalue weighted by Gasteiger charge is 2.20. The first kappa shape index (κ1) is 9.13. The third-order valence-corrected chi connectivity index (χ3v) is 3.66. The summed E-state index contributed by atoms with van der Waals surface area (Å²) in [6, 6.07) is 0. The number of rotatable bonds is 0. The first-order valence-corrected chi connectivity index (χ1v) is 5.99. The number of thioether (sulfide) groups is 1. The fourth-order valence-corrected chi connectivity index (χ4v) is 2.86. The van der Waals surface area contributed by atoms with Gasteiger partial charge in [0.05, 0.1) is 5.03 Å². The molecule has 1 aliphatic heterocycles. The smallest absolute Gasteiger partial charge is 0.161 e. The number of hydrogen-bond acceptors (Lipinski definition) is 3. The van der Waals surface area contributed by atoms with Gasteiger partial charge in [-0.25, -0.2) is 0 Å². The second-order valence-corrected chi connectivity index (χ2v) is 4.67. The molecule has 0 atom stereocenters. The molecule has 72 valence electrons. The molecule has 2 rings (SSSR count). The van der Waals surface area contributed by atoms with E-state index in [1.165, 1.54) is 17.9 Å². The van der Waals surface area contributed by atoms with Gasteiger partial charge in [0.2, 0.25) is 0 Å². The van der Waals surface area contributed by atoms with Crippen LogP contribution in [0, 0.1) is 0 Å². The lowest BCUT2D eigenvalue weighted by molar-refractivity contribution is -0.115. The minimum absolute atomic E-state index is 0.384. The second-order valence-electron chi connectivity index (χ2n) is 3.57. The molecule has 1 saturated heterocycles. The summed E-state index contributed by atoms with van der Waals surface area (Å²) in [6.07, 6.45) is 5.25. The molecule has 0 aromatic rings. The maximum atomic E-state index is 11.7. The van der Waals surface area contributed by atoms with Crippen LogP contribution in [0.5, 0.6) is 0 Å². The summed E-state index contributed by atoms with van der Waals surface area (Å²) in [5, 5.41) is 4.48. The van der Waals surface area contributed by atoms with Crippen molar-refractivity contribution in [2.45, 2.75) is 32.1 Å². The van der Waals surface area contributed by atoms with Gasteiger partial charge in [-0.3, -0.25) is 4.79 Å². The van der Waals surface area contributed by atoms with Crippen LogP contribution in [-0.2, 0) is 4.79 Å².